The molecular weight excluding hydrogens is 387 g/mol. The van der Waals surface area contributed by atoms with Gasteiger partial charge in [0.15, 0.2) is 15.5 Å². The first-order chi connectivity index (χ1) is 13.2. The van der Waals surface area contributed by atoms with Gasteiger partial charge < -0.3 is 10.1 Å². The third-order valence-electron chi connectivity index (χ3n) is 4.13. The maximum Gasteiger partial charge on any atom is 0.341 e. The summed E-state index contributed by atoms with van der Waals surface area (Å²) in [6, 6.07) is 4.53. The summed E-state index contributed by atoms with van der Waals surface area (Å²) < 4.78 is 44.9. The van der Waals surface area contributed by atoms with Crippen molar-refractivity contribution in [1.29, 1.82) is 0 Å². The Morgan fingerprint density at radius 2 is 1.96 bits per heavy atom. The Hall–Kier alpha value is -3.01. The molecule has 8 nitrogen and oxygen atoms in total. The number of rotatable bonds is 6. The lowest BCUT2D eigenvalue weighted by molar-refractivity contribution is 0.0527. The minimum Gasteiger partial charge on any atom is -0.462 e. The van der Waals surface area contributed by atoms with Crippen LogP contribution in [-0.4, -0.2) is 41.6 Å². The van der Waals surface area contributed by atoms with Gasteiger partial charge in [-0.25, -0.2) is 22.6 Å². The maximum atomic E-state index is 13.1. The molecule has 0 aliphatic heterocycles. The molecule has 0 amide bonds. The highest BCUT2D eigenvalue weighted by molar-refractivity contribution is 7.91. The zero-order valence-electron chi connectivity index (χ0n) is 15.6. The lowest BCUT2D eigenvalue weighted by atomic mass is 10.1. The number of hydrogen-bond acceptors (Lipinski definition) is 7. The number of nitrogens with zero attached hydrogens (tertiary/aromatic N) is 3. The summed E-state index contributed by atoms with van der Waals surface area (Å²) in [4.78, 5) is 16.6. The number of ether oxygens (including phenoxy) is 1. The molecule has 28 heavy (non-hydrogen) atoms. The summed E-state index contributed by atoms with van der Waals surface area (Å²) in [6.45, 7) is 3.57. The molecule has 1 aromatic carbocycles. The molecule has 0 aliphatic rings. The van der Waals surface area contributed by atoms with Gasteiger partial charge in [-0.3, -0.25) is 4.68 Å². The van der Waals surface area contributed by atoms with E-state index in [-0.39, 0.29) is 22.8 Å². The van der Waals surface area contributed by atoms with Gasteiger partial charge in [0, 0.05) is 13.2 Å². The van der Waals surface area contributed by atoms with Crippen LogP contribution in [-0.2, 0) is 21.6 Å². The molecule has 3 aromatic rings. The van der Waals surface area contributed by atoms with Gasteiger partial charge in [0.25, 0.3) is 0 Å². The monoisotopic (exact) mass is 406 g/mol. The topological polar surface area (TPSA) is 103 Å². The fourth-order valence-electron chi connectivity index (χ4n) is 2.85. The number of sulfone groups is 1. The summed E-state index contributed by atoms with van der Waals surface area (Å²) in [5, 5.41) is 7.64. The van der Waals surface area contributed by atoms with E-state index in [0.29, 0.717) is 16.7 Å². The normalized spacial score (nSPS) is 11.6. The molecule has 0 radical (unpaired) electrons. The van der Waals surface area contributed by atoms with Crippen LogP contribution in [0.5, 0.6) is 0 Å². The predicted molar refractivity (Wildman–Crippen MR) is 101 cm³/mol. The second-order valence-corrected chi connectivity index (χ2v) is 8.05. The van der Waals surface area contributed by atoms with Crippen LogP contribution in [0.4, 0.5) is 10.1 Å². The van der Waals surface area contributed by atoms with Crippen LogP contribution in [0.15, 0.2) is 35.4 Å². The SMILES string of the molecule is CCOC(=O)c1cnc2c(c(C)nn2C)c1NCS(=O)(=O)c1ccc(F)cc1. The Labute approximate surface area is 161 Å². The number of nitrogens with one attached hydrogen (secondary N) is 1. The molecule has 0 aliphatic carbocycles. The van der Waals surface area contributed by atoms with Gasteiger partial charge in [-0.1, -0.05) is 0 Å². The van der Waals surface area contributed by atoms with Gasteiger partial charge in [-0.2, -0.15) is 5.10 Å². The molecule has 0 bridgehead atoms. The highest BCUT2D eigenvalue weighted by Crippen LogP contribution is 2.29. The van der Waals surface area contributed by atoms with Gasteiger partial charge in [-0.15, -0.1) is 0 Å². The Morgan fingerprint density at radius 3 is 2.61 bits per heavy atom. The van der Waals surface area contributed by atoms with Crippen molar-refractivity contribution < 1.29 is 22.3 Å². The number of carbonyl (C=O) groups is 1. The zero-order chi connectivity index (χ0) is 20.5. The molecule has 0 saturated carbocycles. The number of pyridine rings is 1. The highest BCUT2D eigenvalue weighted by Gasteiger charge is 2.23. The average molecular weight is 406 g/mol. The molecule has 10 heteroatoms. The number of aryl methyl sites for hydroxylation is 2. The van der Waals surface area contributed by atoms with Crippen molar-refractivity contribution in [2.75, 3.05) is 17.8 Å². The minimum absolute atomic E-state index is 0.0349. The van der Waals surface area contributed by atoms with Crippen molar-refractivity contribution in [2.24, 2.45) is 7.05 Å². The predicted octanol–water partition coefficient (Wildman–Crippen LogP) is 2.44. The molecule has 0 unspecified atom stereocenters. The van der Waals surface area contributed by atoms with E-state index >= 15 is 0 Å². The van der Waals surface area contributed by atoms with Gasteiger partial charge >= 0.3 is 5.97 Å². The van der Waals surface area contributed by atoms with E-state index in [1.807, 2.05) is 0 Å². The van der Waals surface area contributed by atoms with Crippen LogP contribution < -0.4 is 5.32 Å². The molecule has 0 saturated heterocycles. The lowest BCUT2D eigenvalue weighted by Gasteiger charge is -2.13. The standard InChI is InChI=1S/C18H19FN4O4S/c1-4-27-18(24)14-9-20-17-15(11(2)22-23(17)3)16(14)21-10-28(25,26)13-7-5-12(19)6-8-13/h5-9H,4,10H2,1-3H3,(H,20,21). The number of aromatic nitrogens is 3. The Balaban J connectivity index is 2.04. The van der Waals surface area contributed by atoms with E-state index in [1.165, 1.54) is 18.3 Å². The van der Waals surface area contributed by atoms with E-state index < -0.39 is 27.5 Å². The highest BCUT2D eigenvalue weighted by atomic mass is 32.2. The largest absolute Gasteiger partial charge is 0.462 e. The van der Waals surface area contributed by atoms with Crippen LogP contribution in [0, 0.1) is 12.7 Å². The summed E-state index contributed by atoms with van der Waals surface area (Å²) in [6.07, 6.45) is 1.33. The van der Waals surface area contributed by atoms with Gasteiger partial charge in [-0.05, 0) is 38.1 Å². The first-order valence-corrected chi connectivity index (χ1v) is 10.1. The van der Waals surface area contributed by atoms with Crippen molar-refractivity contribution in [1.82, 2.24) is 14.8 Å². The molecule has 1 N–H and O–H groups in total. The average Bonchev–Trinajstić information content (AvgIpc) is 2.94. The Morgan fingerprint density at radius 1 is 1.29 bits per heavy atom. The van der Waals surface area contributed by atoms with E-state index in [2.05, 4.69) is 15.4 Å². The second kappa shape index (κ2) is 7.55. The number of carbonyl (C=O) groups excluding carboxylic acids is 1. The Kier molecular flexibility index (Phi) is 5.32. The molecule has 0 spiro atoms. The molecule has 2 heterocycles. The van der Waals surface area contributed by atoms with Crippen LogP contribution >= 0.6 is 0 Å². The quantitative estimate of drug-likeness (QED) is 0.495. The summed E-state index contributed by atoms with van der Waals surface area (Å²) in [5.41, 5.74) is 1.46. The van der Waals surface area contributed by atoms with Gasteiger partial charge in [0.2, 0.25) is 0 Å². The van der Waals surface area contributed by atoms with Crippen molar-refractivity contribution >= 4 is 32.5 Å². The van der Waals surface area contributed by atoms with Crippen molar-refractivity contribution in [3.63, 3.8) is 0 Å². The smallest absolute Gasteiger partial charge is 0.341 e. The van der Waals surface area contributed by atoms with Gasteiger partial charge in [0.1, 0.15) is 17.3 Å². The van der Waals surface area contributed by atoms with Crippen molar-refractivity contribution in [3.8, 4) is 0 Å². The number of halogens is 1. The summed E-state index contributed by atoms with van der Waals surface area (Å²) >= 11 is 0. The van der Waals surface area contributed by atoms with Crippen LogP contribution in [0.2, 0.25) is 0 Å². The number of esters is 1. The minimum atomic E-state index is -3.78. The fourth-order valence-corrected chi connectivity index (χ4v) is 3.90. The molecular formula is C18H19FN4O4S. The van der Waals surface area contributed by atoms with E-state index in [4.69, 9.17) is 4.74 Å². The number of fused-ring (bicyclic) bond motifs is 1. The first-order valence-electron chi connectivity index (χ1n) is 8.46. The van der Waals surface area contributed by atoms with Crippen molar-refractivity contribution in [3.05, 3.63) is 47.5 Å². The maximum absolute atomic E-state index is 13.1. The lowest BCUT2D eigenvalue weighted by Crippen LogP contribution is -2.18. The molecule has 148 valence electrons. The van der Waals surface area contributed by atoms with Crippen LogP contribution in [0.1, 0.15) is 23.0 Å². The van der Waals surface area contributed by atoms with E-state index in [0.717, 1.165) is 12.1 Å². The van der Waals surface area contributed by atoms with Gasteiger partial charge in [0.05, 0.1) is 28.3 Å². The Bertz CT molecular complexity index is 1140. The van der Waals surface area contributed by atoms with Crippen molar-refractivity contribution in [2.45, 2.75) is 18.7 Å². The van der Waals surface area contributed by atoms with Crippen LogP contribution in [0.3, 0.4) is 0 Å². The fraction of sp³-hybridized carbons (Fsp3) is 0.278. The molecule has 0 atom stereocenters. The third kappa shape index (κ3) is 3.68. The van der Waals surface area contributed by atoms with E-state index in [9.17, 15) is 17.6 Å². The number of benzene rings is 1. The molecule has 2 aromatic heterocycles. The number of anilines is 1. The second-order valence-electron chi connectivity index (χ2n) is 6.06. The third-order valence-corrected chi connectivity index (χ3v) is 5.65. The molecule has 0 fully saturated rings. The number of hydrogen-bond donors (Lipinski definition) is 1. The van der Waals surface area contributed by atoms with E-state index in [1.54, 1.807) is 25.6 Å². The summed E-state index contributed by atoms with van der Waals surface area (Å²) in [7, 11) is -2.08. The van der Waals surface area contributed by atoms with Crippen LogP contribution in [0.25, 0.3) is 11.0 Å². The first kappa shape index (κ1) is 19.7. The molecule has 3 rings (SSSR count). The zero-order valence-corrected chi connectivity index (χ0v) is 16.4. The summed E-state index contributed by atoms with van der Waals surface area (Å²) in [5.74, 6) is -1.65.